The third kappa shape index (κ3) is 4.61. The lowest BCUT2D eigenvalue weighted by molar-refractivity contribution is -0.139. The third-order valence-corrected chi connectivity index (χ3v) is 3.54. The molecule has 0 radical (unpaired) electrons. The standard InChI is InChI=1S/C19H20O4/c1-19(2,15-6-4-3-5-7-15)13-23-18(22)11-9-14-8-10-16(20)17(21)12-14/h3-12,20-21H,13H2,1-2H3/b11-9+. The van der Waals surface area contributed by atoms with Gasteiger partial charge in [-0.2, -0.15) is 0 Å². The molecule has 2 rings (SSSR count). The maximum absolute atomic E-state index is 11.8. The van der Waals surface area contributed by atoms with E-state index in [2.05, 4.69) is 0 Å². The Kier molecular flexibility index (Phi) is 5.06. The number of esters is 1. The van der Waals surface area contributed by atoms with Crippen molar-refractivity contribution in [2.24, 2.45) is 0 Å². The van der Waals surface area contributed by atoms with Crippen molar-refractivity contribution in [2.45, 2.75) is 19.3 Å². The van der Waals surface area contributed by atoms with Crippen molar-refractivity contribution in [1.82, 2.24) is 0 Å². The Morgan fingerprint density at radius 2 is 1.78 bits per heavy atom. The predicted molar refractivity (Wildman–Crippen MR) is 89.2 cm³/mol. The monoisotopic (exact) mass is 312 g/mol. The van der Waals surface area contributed by atoms with Gasteiger partial charge in [-0.3, -0.25) is 0 Å². The molecule has 0 bridgehead atoms. The lowest BCUT2D eigenvalue weighted by atomic mass is 9.86. The molecule has 0 fully saturated rings. The van der Waals surface area contributed by atoms with Crippen molar-refractivity contribution in [3.8, 4) is 11.5 Å². The number of aromatic hydroxyl groups is 2. The van der Waals surface area contributed by atoms with Gasteiger partial charge >= 0.3 is 5.97 Å². The highest BCUT2D eigenvalue weighted by molar-refractivity contribution is 5.87. The summed E-state index contributed by atoms with van der Waals surface area (Å²) < 4.78 is 5.30. The highest BCUT2D eigenvalue weighted by Crippen LogP contribution is 2.25. The summed E-state index contributed by atoms with van der Waals surface area (Å²) in [5, 5.41) is 18.6. The summed E-state index contributed by atoms with van der Waals surface area (Å²) in [7, 11) is 0. The van der Waals surface area contributed by atoms with Crippen LogP contribution in [0.15, 0.2) is 54.6 Å². The molecule has 0 spiro atoms. The van der Waals surface area contributed by atoms with Crippen molar-refractivity contribution < 1.29 is 19.7 Å². The number of benzene rings is 2. The lowest BCUT2D eigenvalue weighted by Crippen LogP contribution is -2.25. The van der Waals surface area contributed by atoms with Gasteiger partial charge in [0.1, 0.15) is 6.61 Å². The van der Waals surface area contributed by atoms with Gasteiger partial charge in [0.25, 0.3) is 0 Å². The Balaban J connectivity index is 1.94. The maximum Gasteiger partial charge on any atom is 0.330 e. The third-order valence-electron chi connectivity index (χ3n) is 3.54. The Morgan fingerprint density at radius 3 is 2.43 bits per heavy atom. The first kappa shape index (κ1) is 16.6. The molecule has 2 N–H and O–H groups in total. The summed E-state index contributed by atoms with van der Waals surface area (Å²) in [6.07, 6.45) is 2.82. The average molecular weight is 312 g/mol. The van der Waals surface area contributed by atoms with Crippen LogP contribution in [0.4, 0.5) is 0 Å². The molecule has 0 aliphatic rings. The second-order valence-corrected chi connectivity index (χ2v) is 5.94. The zero-order valence-corrected chi connectivity index (χ0v) is 13.2. The van der Waals surface area contributed by atoms with Crippen LogP contribution in [0.3, 0.4) is 0 Å². The van der Waals surface area contributed by atoms with Gasteiger partial charge in [-0.1, -0.05) is 50.2 Å². The number of carbonyl (C=O) groups is 1. The van der Waals surface area contributed by atoms with E-state index in [4.69, 9.17) is 4.74 Å². The number of hydrogen-bond donors (Lipinski definition) is 2. The first-order valence-electron chi connectivity index (χ1n) is 7.31. The smallest absolute Gasteiger partial charge is 0.330 e. The van der Waals surface area contributed by atoms with Gasteiger partial charge in [-0.05, 0) is 29.3 Å². The molecule has 0 aliphatic carbocycles. The van der Waals surface area contributed by atoms with Crippen LogP contribution < -0.4 is 0 Å². The zero-order valence-electron chi connectivity index (χ0n) is 13.2. The van der Waals surface area contributed by atoms with Crippen LogP contribution in [0, 0.1) is 0 Å². The van der Waals surface area contributed by atoms with E-state index in [9.17, 15) is 15.0 Å². The molecule has 0 saturated heterocycles. The van der Waals surface area contributed by atoms with E-state index in [0.29, 0.717) is 5.56 Å². The molecule has 0 heterocycles. The minimum atomic E-state index is -0.457. The molecule has 0 saturated carbocycles. The predicted octanol–water partition coefficient (Wildman–Crippen LogP) is 3.63. The molecule has 0 aromatic heterocycles. The Hall–Kier alpha value is -2.75. The van der Waals surface area contributed by atoms with Gasteiger partial charge in [0.05, 0.1) is 0 Å². The van der Waals surface area contributed by atoms with E-state index in [1.807, 2.05) is 44.2 Å². The van der Waals surface area contributed by atoms with Crippen LogP contribution in [0.25, 0.3) is 6.08 Å². The minimum Gasteiger partial charge on any atom is -0.504 e. The SMILES string of the molecule is CC(C)(COC(=O)/C=C/c1ccc(O)c(O)c1)c1ccccc1. The number of phenols is 2. The van der Waals surface area contributed by atoms with E-state index in [-0.39, 0.29) is 23.5 Å². The quantitative estimate of drug-likeness (QED) is 0.502. The number of ether oxygens (including phenoxy) is 1. The molecule has 2 aromatic carbocycles. The van der Waals surface area contributed by atoms with Crippen LogP contribution in [0.5, 0.6) is 11.5 Å². The Bertz CT molecular complexity index is 703. The highest BCUT2D eigenvalue weighted by atomic mass is 16.5. The van der Waals surface area contributed by atoms with Crippen LogP contribution >= 0.6 is 0 Å². The minimum absolute atomic E-state index is 0.200. The summed E-state index contributed by atoms with van der Waals surface area (Å²) in [6.45, 7) is 4.29. The molecule has 2 aromatic rings. The summed E-state index contributed by atoms with van der Waals surface area (Å²) >= 11 is 0. The van der Waals surface area contributed by atoms with Crippen LogP contribution in [0.1, 0.15) is 25.0 Å². The van der Waals surface area contributed by atoms with E-state index >= 15 is 0 Å². The molecule has 4 nitrogen and oxygen atoms in total. The fraction of sp³-hybridized carbons (Fsp3) is 0.211. The Morgan fingerprint density at radius 1 is 1.09 bits per heavy atom. The van der Waals surface area contributed by atoms with Crippen LogP contribution in [-0.4, -0.2) is 22.8 Å². The van der Waals surface area contributed by atoms with Crippen LogP contribution in [0.2, 0.25) is 0 Å². The molecule has 0 unspecified atom stereocenters. The van der Waals surface area contributed by atoms with E-state index in [0.717, 1.165) is 5.56 Å². The molecule has 23 heavy (non-hydrogen) atoms. The first-order valence-corrected chi connectivity index (χ1v) is 7.31. The highest BCUT2D eigenvalue weighted by Gasteiger charge is 2.21. The van der Waals surface area contributed by atoms with Crippen molar-refractivity contribution in [3.05, 3.63) is 65.7 Å². The van der Waals surface area contributed by atoms with E-state index in [1.165, 1.54) is 24.3 Å². The first-order chi connectivity index (χ1) is 10.9. The van der Waals surface area contributed by atoms with Gasteiger partial charge in [-0.15, -0.1) is 0 Å². The second-order valence-electron chi connectivity index (χ2n) is 5.94. The van der Waals surface area contributed by atoms with Crippen LogP contribution in [-0.2, 0) is 14.9 Å². The van der Waals surface area contributed by atoms with E-state index in [1.54, 1.807) is 6.07 Å². The molecule has 0 amide bonds. The fourth-order valence-electron chi connectivity index (χ4n) is 2.08. The largest absolute Gasteiger partial charge is 0.504 e. The van der Waals surface area contributed by atoms with Crippen molar-refractivity contribution in [3.63, 3.8) is 0 Å². The second kappa shape index (κ2) is 7.01. The summed E-state index contributed by atoms with van der Waals surface area (Å²) in [4.78, 5) is 11.8. The molecular formula is C19H20O4. The molecule has 4 heteroatoms. The molecule has 120 valence electrons. The van der Waals surface area contributed by atoms with Gasteiger partial charge in [0, 0.05) is 11.5 Å². The summed E-state index contributed by atoms with van der Waals surface area (Å²) in [6, 6.07) is 14.2. The van der Waals surface area contributed by atoms with Gasteiger partial charge < -0.3 is 14.9 Å². The fourth-order valence-corrected chi connectivity index (χ4v) is 2.08. The van der Waals surface area contributed by atoms with Crippen molar-refractivity contribution in [2.75, 3.05) is 6.61 Å². The summed E-state index contributed by atoms with van der Waals surface area (Å²) in [5.74, 6) is -0.887. The maximum atomic E-state index is 11.8. The molecule has 0 aliphatic heterocycles. The number of rotatable bonds is 5. The van der Waals surface area contributed by atoms with Gasteiger partial charge in [-0.25, -0.2) is 4.79 Å². The number of carbonyl (C=O) groups excluding carboxylic acids is 1. The zero-order chi connectivity index (χ0) is 16.9. The number of phenolic OH excluding ortho intramolecular Hbond substituents is 2. The summed E-state index contributed by atoms with van der Waals surface area (Å²) in [5.41, 5.74) is 1.42. The van der Waals surface area contributed by atoms with Crippen molar-refractivity contribution >= 4 is 12.0 Å². The lowest BCUT2D eigenvalue weighted by Gasteiger charge is -2.24. The molecular weight excluding hydrogens is 292 g/mol. The topological polar surface area (TPSA) is 66.8 Å². The normalized spacial score (nSPS) is 11.6. The molecule has 0 atom stereocenters. The van der Waals surface area contributed by atoms with Gasteiger partial charge in [0.15, 0.2) is 11.5 Å². The van der Waals surface area contributed by atoms with Crippen molar-refractivity contribution in [1.29, 1.82) is 0 Å². The van der Waals surface area contributed by atoms with Gasteiger partial charge in [0.2, 0.25) is 0 Å². The number of hydrogen-bond acceptors (Lipinski definition) is 4. The van der Waals surface area contributed by atoms with E-state index < -0.39 is 5.97 Å². The average Bonchev–Trinajstić information content (AvgIpc) is 2.55. The Labute approximate surface area is 135 Å².